The molecule has 0 bridgehead atoms. The summed E-state index contributed by atoms with van der Waals surface area (Å²) < 4.78 is 0. The minimum Gasteiger partial charge on any atom is -0.357 e. The molecule has 1 aliphatic heterocycles. The molecule has 0 aromatic rings. The average Bonchev–Trinajstić information content (AvgIpc) is 2.52. The molecular formula is C16H34N4S. The fourth-order valence-electron chi connectivity index (χ4n) is 2.80. The Morgan fingerprint density at radius 3 is 2.81 bits per heavy atom. The van der Waals surface area contributed by atoms with Crippen LogP contribution in [0.25, 0.3) is 0 Å². The first-order valence-corrected chi connectivity index (χ1v) is 9.96. The molecule has 21 heavy (non-hydrogen) atoms. The molecule has 0 aromatic heterocycles. The molecule has 1 fully saturated rings. The van der Waals surface area contributed by atoms with Gasteiger partial charge in [-0.05, 0) is 57.7 Å². The van der Waals surface area contributed by atoms with Gasteiger partial charge in [-0.1, -0.05) is 13.3 Å². The second kappa shape index (κ2) is 12.2. The normalized spacial score (nSPS) is 20.5. The zero-order valence-electron chi connectivity index (χ0n) is 14.2. The highest BCUT2D eigenvalue weighted by molar-refractivity contribution is 7.98. The van der Waals surface area contributed by atoms with Crippen LogP contribution in [0.1, 0.15) is 46.0 Å². The summed E-state index contributed by atoms with van der Waals surface area (Å²) in [4.78, 5) is 7.38. The smallest absolute Gasteiger partial charge is 0.191 e. The minimum atomic E-state index is 0.635. The number of aliphatic imine (C=N–C) groups is 1. The fourth-order valence-corrected chi connectivity index (χ4v) is 3.29. The van der Waals surface area contributed by atoms with E-state index in [0.717, 1.165) is 32.1 Å². The maximum atomic E-state index is 4.80. The number of likely N-dealkylation sites (tertiary alicyclic amines) is 1. The lowest BCUT2D eigenvalue weighted by molar-refractivity contribution is 0.161. The van der Waals surface area contributed by atoms with E-state index in [0.29, 0.717) is 6.04 Å². The van der Waals surface area contributed by atoms with Gasteiger partial charge in [-0.15, -0.1) is 0 Å². The van der Waals surface area contributed by atoms with Crippen molar-refractivity contribution in [3.8, 4) is 0 Å². The number of nitrogens with one attached hydrogen (secondary N) is 2. The van der Waals surface area contributed by atoms with E-state index in [4.69, 9.17) is 4.99 Å². The van der Waals surface area contributed by atoms with Crippen LogP contribution in [0.4, 0.5) is 0 Å². The number of rotatable bonds is 9. The summed E-state index contributed by atoms with van der Waals surface area (Å²) in [5.41, 5.74) is 0. The molecule has 0 aliphatic carbocycles. The zero-order chi connectivity index (χ0) is 15.3. The molecule has 124 valence electrons. The van der Waals surface area contributed by atoms with Gasteiger partial charge in [-0.25, -0.2) is 0 Å². The van der Waals surface area contributed by atoms with Crippen molar-refractivity contribution in [1.82, 2.24) is 15.5 Å². The van der Waals surface area contributed by atoms with Crippen molar-refractivity contribution in [2.45, 2.75) is 52.0 Å². The van der Waals surface area contributed by atoms with Gasteiger partial charge in [0.25, 0.3) is 0 Å². The molecule has 0 amide bonds. The summed E-state index contributed by atoms with van der Waals surface area (Å²) in [6, 6.07) is 0.635. The molecule has 1 saturated heterocycles. The van der Waals surface area contributed by atoms with E-state index in [-0.39, 0.29) is 0 Å². The second-order valence-electron chi connectivity index (χ2n) is 5.62. The lowest BCUT2D eigenvalue weighted by Crippen LogP contribution is -2.43. The Morgan fingerprint density at radius 2 is 2.10 bits per heavy atom. The van der Waals surface area contributed by atoms with Gasteiger partial charge in [-0.3, -0.25) is 9.89 Å². The molecule has 5 heteroatoms. The third-order valence-corrected chi connectivity index (χ3v) is 4.72. The minimum absolute atomic E-state index is 0.635. The van der Waals surface area contributed by atoms with Gasteiger partial charge in [0.2, 0.25) is 0 Å². The summed E-state index contributed by atoms with van der Waals surface area (Å²) in [5, 5.41) is 6.82. The van der Waals surface area contributed by atoms with E-state index in [9.17, 15) is 0 Å². The number of hydrogen-bond donors (Lipinski definition) is 2. The first-order valence-electron chi connectivity index (χ1n) is 8.57. The van der Waals surface area contributed by atoms with Gasteiger partial charge in [0.1, 0.15) is 0 Å². The van der Waals surface area contributed by atoms with Crippen molar-refractivity contribution < 1.29 is 0 Å². The lowest BCUT2D eigenvalue weighted by atomic mass is 10.0. The SMILES string of the molecule is CCNC(=NCC1CCCCN1CC)NCCCCSC. The Kier molecular flexibility index (Phi) is 10.8. The Hall–Kier alpha value is -0.420. The molecule has 2 N–H and O–H groups in total. The topological polar surface area (TPSA) is 39.7 Å². The highest BCUT2D eigenvalue weighted by Gasteiger charge is 2.20. The number of unbranched alkanes of at least 4 members (excludes halogenated alkanes) is 1. The van der Waals surface area contributed by atoms with Crippen LogP contribution >= 0.6 is 11.8 Å². The quantitative estimate of drug-likeness (QED) is 0.390. The molecule has 1 aliphatic rings. The van der Waals surface area contributed by atoms with Crippen LogP contribution in [0, 0.1) is 0 Å². The third kappa shape index (κ3) is 7.96. The van der Waals surface area contributed by atoms with Gasteiger partial charge >= 0.3 is 0 Å². The monoisotopic (exact) mass is 314 g/mol. The van der Waals surface area contributed by atoms with Crippen molar-refractivity contribution in [2.75, 3.05) is 44.7 Å². The van der Waals surface area contributed by atoms with Crippen LogP contribution < -0.4 is 10.6 Å². The second-order valence-corrected chi connectivity index (χ2v) is 6.61. The zero-order valence-corrected chi connectivity index (χ0v) is 15.0. The van der Waals surface area contributed by atoms with Crippen LogP contribution in [-0.2, 0) is 0 Å². The summed E-state index contributed by atoms with van der Waals surface area (Å²) >= 11 is 1.92. The van der Waals surface area contributed by atoms with Crippen molar-refractivity contribution in [3.05, 3.63) is 0 Å². The van der Waals surface area contributed by atoms with Gasteiger partial charge in [0, 0.05) is 19.1 Å². The largest absolute Gasteiger partial charge is 0.357 e. The van der Waals surface area contributed by atoms with E-state index in [1.165, 1.54) is 44.4 Å². The van der Waals surface area contributed by atoms with Crippen LogP contribution in [-0.4, -0.2) is 61.6 Å². The summed E-state index contributed by atoms with van der Waals surface area (Å²) in [6.45, 7) is 9.66. The van der Waals surface area contributed by atoms with Gasteiger partial charge in [0.05, 0.1) is 6.54 Å². The van der Waals surface area contributed by atoms with E-state index < -0.39 is 0 Å². The maximum absolute atomic E-state index is 4.80. The fraction of sp³-hybridized carbons (Fsp3) is 0.938. The van der Waals surface area contributed by atoms with Gasteiger partial charge in [-0.2, -0.15) is 11.8 Å². The summed E-state index contributed by atoms with van der Waals surface area (Å²) in [7, 11) is 0. The van der Waals surface area contributed by atoms with E-state index in [1.54, 1.807) is 0 Å². The molecule has 0 spiro atoms. The van der Waals surface area contributed by atoms with E-state index in [1.807, 2.05) is 11.8 Å². The third-order valence-electron chi connectivity index (χ3n) is 4.03. The predicted octanol–water partition coefficient (Wildman–Crippen LogP) is 2.56. The molecular weight excluding hydrogens is 280 g/mol. The van der Waals surface area contributed by atoms with Gasteiger partial charge < -0.3 is 10.6 Å². The number of thioether (sulfide) groups is 1. The van der Waals surface area contributed by atoms with Crippen molar-refractivity contribution in [1.29, 1.82) is 0 Å². The van der Waals surface area contributed by atoms with Crippen molar-refractivity contribution in [3.63, 3.8) is 0 Å². The number of likely N-dealkylation sites (N-methyl/N-ethyl adjacent to an activating group) is 1. The molecule has 1 unspecified atom stereocenters. The molecule has 0 saturated carbocycles. The number of guanidine groups is 1. The van der Waals surface area contributed by atoms with Gasteiger partial charge in [0.15, 0.2) is 5.96 Å². The molecule has 0 aromatic carbocycles. The number of piperidine rings is 1. The summed E-state index contributed by atoms with van der Waals surface area (Å²) in [5.74, 6) is 2.24. The standard InChI is InChI=1S/C16H34N4S/c1-4-17-16(18-11-7-9-13-21-3)19-14-15-10-6-8-12-20(15)5-2/h15H,4-14H2,1-3H3,(H2,17,18,19). The molecule has 0 radical (unpaired) electrons. The van der Waals surface area contributed by atoms with Crippen LogP contribution in [0.3, 0.4) is 0 Å². The Labute approximate surface area is 135 Å². The molecule has 1 atom stereocenters. The summed E-state index contributed by atoms with van der Waals surface area (Å²) in [6.07, 6.45) is 8.67. The predicted molar refractivity (Wildman–Crippen MR) is 96.5 cm³/mol. The Bertz CT molecular complexity index is 283. The number of hydrogen-bond acceptors (Lipinski definition) is 3. The van der Waals surface area contributed by atoms with E-state index in [2.05, 4.69) is 35.6 Å². The van der Waals surface area contributed by atoms with E-state index >= 15 is 0 Å². The average molecular weight is 315 g/mol. The first kappa shape index (κ1) is 18.6. The molecule has 4 nitrogen and oxygen atoms in total. The van der Waals surface area contributed by atoms with Crippen LogP contribution in [0.15, 0.2) is 4.99 Å². The van der Waals surface area contributed by atoms with Crippen molar-refractivity contribution in [2.24, 2.45) is 4.99 Å². The Morgan fingerprint density at radius 1 is 1.24 bits per heavy atom. The maximum Gasteiger partial charge on any atom is 0.191 e. The van der Waals surface area contributed by atoms with Crippen LogP contribution in [0.2, 0.25) is 0 Å². The molecule has 1 rings (SSSR count). The highest BCUT2D eigenvalue weighted by Crippen LogP contribution is 2.16. The highest BCUT2D eigenvalue weighted by atomic mass is 32.2. The Balaban J connectivity index is 2.35. The first-order chi connectivity index (χ1) is 10.3. The molecule has 1 heterocycles. The number of nitrogens with zero attached hydrogens (tertiary/aromatic N) is 2. The lowest BCUT2D eigenvalue weighted by Gasteiger charge is -2.33. The van der Waals surface area contributed by atoms with Crippen LogP contribution in [0.5, 0.6) is 0 Å². The van der Waals surface area contributed by atoms with Crippen molar-refractivity contribution >= 4 is 17.7 Å².